The van der Waals surface area contributed by atoms with Crippen LogP contribution in [-0.2, 0) is 4.79 Å². The Kier molecular flexibility index (Phi) is 4.24. The van der Waals surface area contributed by atoms with Crippen molar-refractivity contribution in [2.75, 3.05) is 5.43 Å². The van der Waals surface area contributed by atoms with Crippen molar-refractivity contribution in [2.24, 2.45) is 0 Å². The highest BCUT2D eigenvalue weighted by Crippen LogP contribution is 2.30. The van der Waals surface area contributed by atoms with E-state index in [1.165, 1.54) is 0 Å². The minimum Gasteiger partial charge on any atom is -0.389 e. The topological polar surface area (TPSA) is 74.2 Å². The van der Waals surface area contributed by atoms with Gasteiger partial charge < -0.3 is 5.11 Å². The smallest absolute Gasteiger partial charge is 0.241 e. The quantitative estimate of drug-likeness (QED) is 0.759. The van der Waals surface area contributed by atoms with E-state index in [0.717, 1.165) is 35.7 Å². The van der Waals surface area contributed by atoms with Crippen LogP contribution in [0.4, 0.5) is 5.69 Å². The summed E-state index contributed by atoms with van der Waals surface area (Å²) in [6, 6.07) is 7.68. The number of benzene rings is 1. The third kappa shape index (κ3) is 3.36. The van der Waals surface area contributed by atoms with Crippen LogP contribution in [0, 0.1) is 0 Å². The van der Waals surface area contributed by atoms with Crippen LogP contribution in [0.25, 0.3) is 10.8 Å². The molecule has 0 aliphatic heterocycles. The van der Waals surface area contributed by atoms with Crippen LogP contribution in [0.2, 0.25) is 0 Å². The molecule has 0 spiro atoms. The highest BCUT2D eigenvalue weighted by atomic mass is 16.3. The molecule has 3 N–H and O–H groups in total. The molecule has 1 aliphatic carbocycles. The lowest BCUT2D eigenvalue weighted by Crippen LogP contribution is -2.40. The molecule has 0 unspecified atom stereocenters. The van der Waals surface area contributed by atoms with Gasteiger partial charge in [0.2, 0.25) is 5.91 Å². The van der Waals surface area contributed by atoms with E-state index < -0.39 is 5.60 Å². The second-order valence-corrected chi connectivity index (χ2v) is 6.04. The molecule has 116 valence electrons. The zero-order valence-corrected chi connectivity index (χ0v) is 12.5. The van der Waals surface area contributed by atoms with E-state index >= 15 is 0 Å². The predicted octanol–water partition coefficient (Wildman–Crippen LogP) is 2.76. The highest BCUT2D eigenvalue weighted by Gasteiger charge is 2.31. The maximum Gasteiger partial charge on any atom is 0.241 e. The molecule has 3 rings (SSSR count). The number of aliphatic hydroxyl groups is 1. The van der Waals surface area contributed by atoms with E-state index in [-0.39, 0.29) is 12.3 Å². The van der Waals surface area contributed by atoms with Gasteiger partial charge in [-0.15, -0.1) is 0 Å². The van der Waals surface area contributed by atoms with Crippen LogP contribution in [-0.4, -0.2) is 21.6 Å². The lowest BCUT2D eigenvalue weighted by molar-refractivity contribution is -0.126. The van der Waals surface area contributed by atoms with E-state index in [9.17, 15) is 9.90 Å². The number of nitrogens with zero attached hydrogens (tertiary/aromatic N) is 1. The summed E-state index contributed by atoms with van der Waals surface area (Å²) in [5.74, 6) is -0.185. The summed E-state index contributed by atoms with van der Waals surface area (Å²) < 4.78 is 0. The van der Waals surface area contributed by atoms with Gasteiger partial charge in [0.1, 0.15) is 0 Å². The number of nitrogens with one attached hydrogen (secondary N) is 2. The second-order valence-electron chi connectivity index (χ2n) is 6.04. The number of carbonyl (C=O) groups excluding carboxylic acids is 1. The largest absolute Gasteiger partial charge is 0.389 e. The Morgan fingerprint density at radius 1 is 1.23 bits per heavy atom. The Hall–Kier alpha value is -2.14. The van der Waals surface area contributed by atoms with Crippen LogP contribution in [0.3, 0.4) is 0 Å². The van der Waals surface area contributed by atoms with Gasteiger partial charge in [0.15, 0.2) is 0 Å². The Morgan fingerprint density at radius 2 is 2.05 bits per heavy atom. The van der Waals surface area contributed by atoms with E-state index in [1.54, 1.807) is 12.4 Å². The zero-order chi connectivity index (χ0) is 15.4. The van der Waals surface area contributed by atoms with Gasteiger partial charge in [-0.05, 0) is 25.0 Å². The fourth-order valence-corrected chi connectivity index (χ4v) is 3.10. The van der Waals surface area contributed by atoms with E-state index in [0.29, 0.717) is 12.8 Å². The van der Waals surface area contributed by atoms with Crippen molar-refractivity contribution < 1.29 is 9.90 Å². The lowest BCUT2D eigenvalue weighted by atomic mass is 9.82. The van der Waals surface area contributed by atoms with E-state index in [4.69, 9.17) is 0 Å². The first-order valence-electron chi connectivity index (χ1n) is 7.76. The first kappa shape index (κ1) is 14.8. The summed E-state index contributed by atoms with van der Waals surface area (Å²) in [7, 11) is 0. The van der Waals surface area contributed by atoms with Crippen molar-refractivity contribution in [1.82, 2.24) is 10.4 Å². The van der Waals surface area contributed by atoms with Gasteiger partial charge in [0.05, 0.1) is 17.7 Å². The van der Waals surface area contributed by atoms with E-state index in [1.807, 2.05) is 24.3 Å². The number of carbonyl (C=O) groups is 1. The molecule has 0 saturated heterocycles. The van der Waals surface area contributed by atoms with Crippen molar-refractivity contribution in [3.63, 3.8) is 0 Å². The van der Waals surface area contributed by atoms with Crippen molar-refractivity contribution >= 4 is 22.4 Å². The van der Waals surface area contributed by atoms with Crippen molar-refractivity contribution in [1.29, 1.82) is 0 Å². The second kappa shape index (κ2) is 6.32. The third-order valence-corrected chi connectivity index (χ3v) is 4.29. The Bertz CT molecular complexity index is 661. The monoisotopic (exact) mass is 299 g/mol. The van der Waals surface area contributed by atoms with E-state index in [2.05, 4.69) is 15.8 Å². The normalized spacial score (nSPS) is 17.1. The maximum absolute atomic E-state index is 12.1. The zero-order valence-electron chi connectivity index (χ0n) is 12.5. The minimum atomic E-state index is -0.841. The number of pyridine rings is 1. The highest BCUT2D eigenvalue weighted by molar-refractivity contribution is 5.93. The number of amides is 1. The molecule has 0 radical (unpaired) electrons. The maximum atomic E-state index is 12.1. The molecule has 1 aromatic heterocycles. The van der Waals surface area contributed by atoms with Gasteiger partial charge in [-0.25, -0.2) is 0 Å². The summed E-state index contributed by atoms with van der Waals surface area (Å²) in [4.78, 5) is 16.2. The molecule has 5 nitrogen and oxygen atoms in total. The SMILES string of the molecule is O=C(CC1(O)CCCCC1)NNc1cccc2cnccc12. The van der Waals surface area contributed by atoms with Crippen LogP contribution in [0.5, 0.6) is 0 Å². The third-order valence-electron chi connectivity index (χ3n) is 4.29. The van der Waals surface area contributed by atoms with Crippen LogP contribution >= 0.6 is 0 Å². The summed E-state index contributed by atoms with van der Waals surface area (Å²) in [5, 5.41) is 12.4. The molecule has 1 amide bonds. The molecular weight excluding hydrogens is 278 g/mol. The first-order valence-corrected chi connectivity index (χ1v) is 7.76. The van der Waals surface area contributed by atoms with Gasteiger partial charge in [0, 0.05) is 23.2 Å². The summed E-state index contributed by atoms with van der Waals surface area (Å²) in [6.45, 7) is 0. The molecule has 0 bridgehead atoms. The average molecular weight is 299 g/mol. The molecule has 1 saturated carbocycles. The predicted molar refractivity (Wildman–Crippen MR) is 86.2 cm³/mol. The number of hydrogen-bond donors (Lipinski definition) is 3. The number of hydrazine groups is 1. The van der Waals surface area contributed by atoms with Crippen molar-refractivity contribution in [3.05, 3.63) is 36.7 Å². The summed E-state index contributed by atoms with van der Waals surface area (Å²) in [5.41, 5.74) is 5.63. The standard InChI is InChI=1S/C17H21N3O2/c21-16(11-17(22)8-2-1-3-9-17)20-19-15-6-4-5-13-12-18-10-7-14(13)15/h4-7,10,12,19,22H,1-3,8-9,11H2,(H,20,21). The van der Waals surface area contributed by atoms with Crippen LogP contribution in [0.15, 0.2) is 36.7 Å². The van der Waals surface area contributed by atoms with Gasteiger partial charge in [-0.2, -0.15) is 0 Å². The Balaban J connectivity index is 1.63. The molecule has 1 fully saturated rings. The Labute approximate surface area is 129 Å². The first-order chi connectivity index (χ1) is 10.7. The number of hydrogen-bond acceptors (Lipinski definition) is 4. The fraction of sp³-hybridized carbons (Fsp3) is 0.412. The van der Waals surface area contributed by atoms with Gasteiger partial charge in [-0.1, -0.05) is 31.4 Å². The molecule has 0 atom stereocenters. The lowest BCUT2D eigenvalue weighted by Gasteiger charge is -2.31. The fourth-order valence-electron chi connectivity index (χ4n) is 3.10. The van der Waals surface area contributed by atoms with Gasteiger partial charge >= 0.3 is 0 Å². The van der Waals surface area contributed by atoms with Crippen molar-refractivity contribution in [3.8, 4) is 0 Å². The molecule has 5 heteroatoms. The van der Waals surface area contributed by atoms with Gasteiger partial charge in [0.25, 0.3) is 0 Å². The van der Waals surface area contributed by atoms with Crippen molar-refractivity contribution in [2.45, 2.75) is 44.1 Å². The molecule has 1 aliphatic rings. The minimum absolute atomic E-state index is 0.145. The molecular formula is C17H21N3O2. The number of anilines is 1. The molecule has 22 heavy (non-hydrogen) atoms. The number of fused-ring (bicyclic) bond motifs is 1. The summed E-state index contributed by atoms with van der Waals surface area (Å²) in [6.07, 6.45) is 8.20. The summed E-state index contributed by atoms with van der Waals surface area (Å²) >= 11 is 0. The molecule has 2 aromatic rings. The number of rotatable bonds is 4. The Morgan fingerprint density at radius 3 is 2.86 bits per heavy atom. The van der Waals surface area contributed by atoms with Crippen LogP contribution < -0.4 is 10.9 Å². The number of aromatic nitrogens is 1. The average Bonchev–Trinajstić information content (AvgIpc) is 2.53. The molecule has 1 heterocycles. The van der Waals surface area contributed by atoms with Gasteiger partial charge in [-0.3, -0.25) is 20.6 Å². The van der Waals surface area contributed by atoms with Crippen LogP contribution in [0.1, 0.15) is 38.5 Å². The molecule has 1 aromatic carbocycles.